The van der Waals surface area contributed by atoms with Crippen molar-refractivity contribution in [3.05, 3.63) is 35.9 Å². The third-order valence-electron chi connectivity index (χ3n) is 4.21. The van der Waals surface area contributed by atoms with Gasteiger partial charge in [-0.2, -0.15) is 0 Å². The quantitative estimate of drug-likeness (QED) is 0.843. The van der Waals surface area contributed by atoms with Crippen molar-refractivity contribution in [3.8, 4) is 0 Å². The van der Waals surface area contributed by atoms with E-state index in [1.165, 1.54) is 24.8 Å². The fourth-order valence-electron chi connectivity index (χ4n) is 3.29. The molecule has 2 aliphatic rings. The van der Waals surface area contributed by atoms with E-state index >= 15 is 0 Å². The Morgan fingerprint density at radius 3 is 2.69 bits per heavy atom. The second-order valence-electron chi connectivity index (χ2n) is 5.10. The minimum absolute atomic E-state index is 0.288. The van der Waals surface area contributed by atoms with Gasteiger partial charge < -0.3 is 10.5 Å². The van der Waals surface area contributed by atoms with Gasteiger partial charge in [-0.05, 0) is 30.2 Å². The minimum Gasteiger partial charge on any atom is -0.372 e. The molecule has 86 valence electrons. The van der Waals surface area contributed by atoms with Gasteiger partial charge in [-0.3, -0.25) is 0 Å². The molecule has 0 saturated heterocycles. The van der Waals surface area contributed by atoms with Crippen LogP contribution in [0.1, 0.15) is 24.8 Å². The zero-order chi connectivity index (χ0) is 11.0. The third kappa shape index (κ3) is 1.66. The average molecular weight is 217 g/mol. The first-order valence-electron chi connectivity index (χ1n) is 6.27. The molecule has 2 aliphatic carbocycles. The maximum absolute atomic E-state index is 6.15. The van der Waals surface area contributed by atoms with E-state index in [0.717, 1.165) is 11.8 Å². The van der Waals surface area contributed by atoms with E-state index in [1.807, 2.05) is 6.07 Å². The second kappa shape index (κ2) is 4.19. The number of hydrogen-bond donors (Lipinski definition) is 1. The number of benzene rings is 1. The molecule has 2 nitrogen and oxygen atoms in total. The molecule has 1 aromatic carbocycles. The summed E-state index contributed by atoms with van der Waals surface area (Å²) in [7, 11) is 0. The first-order chi connectivity index (χ1) is 7.86. The van der Waals surface area contributed by atoms with Crippen molar-refractivity contribution in [3.63, 3.8) is 0 Å². The zero-order valence-corrected chi connectivity index (χ0v) is 9.51. The number of rotatable bonds is 3. The van der Waals surface area contributed by atoms with E-state index in [2.05, 4.69) is 24.3 Å². The van der Waals surface area contributed by atoms with Gasteiger partial charge in [0.05, 0.1) is 12.7 Å². The molecular formula is C14H19NO. The molecule has 2 fully saturated rings. The van der Waals surface area contributed by atoms with Gasteiger partial charge in [0.1, 0.15) is 0 Å². The maximum Gasteiger partial charge on any atom is 0.0764 e. The molecule has 0 radical (unpaired) electrons. The molecule has 0 aliphatic heterocycles. The summed E-state index contributed by atoms with van der Waals surface area (Å²) in [5, 5.41) is 0. The van der Waals surface area contributed by atoms with Gasteiger partial charge in [-0.15, -0.1) is 0 Å². The summed E-state index contributed by atoms with van der Waals surface area (Å²) in [6.45, 7) is 0.711. The van der Waals surface area contributed by atoms with Crippen LogP contribution in [0.5, 0.6) is 0 Å². The van der Waals surface area contributed by atoms with Crippen LogP contribution in [-0.4, -0.2) is 12.1 Å². The summed E-state index contributed by atoms with van der Waals surface area (Å²) in [6.07, 6.45) is 4.29. The van der Waals surface area contributed by atoms with Crippen LogP contribution >= 0.6 is 0 Å². The molecule has 0 unspecified atom stereocenters. The number of ether oxygens (including phenoxy) is 1. The van der Waals surface area contributed by atoms with Gasteiger partial charge in [-0.25, -0.2) is 0 Å². The Morgan fingerprint density at radius 1 is 1.12 bits per heavy atom. The maximum atomic E-state index is 6.15. The summed E-state index contributed by atoms with van der Waals surface area (Å²) in [5.41, 5.74) is 7.39. The molecule has 16 heavy (non-hydrogen) atoms. The summed E-state index contributed by atoms with van der Waals surface area (Å²) in [6, 6.07) is 10.6. The monoisotopic (exact) mass is 217 g/mol. The first-order valence-corrected chi connectivity index (χ1v) is 6.27. The fraction of sp³-hybridized carbons (Fsp3) is 0.571. The van der Waals surface area contributed by atoms with E-state index in [1.54, 1.807) is 0 Å². The first kappa shape index (κ1) is 10.3. The van der Waals surface area contributed by atoms with E-state index in [0.29, 0.717) is 12.7 Å². The Morgan fingerprint density at radius 2 is 1.88 bits per heavy atom. The lowest BCUT2D eigenvalue weighted by atomic mass is 9.69. The van der Waals surface area contributed by atoms with Crippen molar-refractivity contribution in [1.82, 2.24) is 0 Å². The van der Waals surface area contributed by atoms with Crippen molar-refractivity contribution in [2.45, 2.75) is 38.0 Å². The van der Waals surface area contributed by atoms with Crippen molar-refractivity contribution < 1.29 is 4.74 Å². The Labute approximate surface area is 96.8 Å². The average Bonchev–Trinajstić information content (AvgIpc) is 2.75. The number of fused-ring (bicyclic) bond motifs is 1. The molecule has 1 aromatic rings. The molecule has 0 aromatic heterocycles. The molecule has 4 atom stereocenters. The van der Waals surface area contributed by atoms with Crippen LogP contribution < -0.4 is 5.73 Å². The predicted molar refractivity (Wildman–Crippen MR) is 63.8 cm³/mol. The van der Waals surface area contributed by atoms with Crippen LogP contribution in [0.3, 0.4) is 0 Å². The van der Waals surface area contributed by atoms with Gasteiger partial charge in [0.25, 0.3) is 0 Å². The molecular weight excluding hydrogens is 198 g/mol. The van der Waals surface area contributed by atoms with Crippen molar-refractivity contribution in [1.29, 1.82) is 0 Å². The Hall–Kier alpha value is -0.860. The number of nitrogens with two attached hydrogens (primary N) is 1. The van der Waals surface area contributed by atoms with Crippen LogP contribution in [0.25, 0.3) is 0 Å². The molecule has 0 bridgehead atoms. The summed E-state index contributed by atoms with van der Waals surface area (Å²) in [4.78, 5) is 0. The molecule has 2 N–H and O–H groups in total. The van der Waals surface area contributed by atoms with Crippen LogP contribution in [0.15, 0.2) is 30.3 Å². The topological polar surface area (TPSA) is 35.2 Å². The highest BCUT2D eigenvalue weighted by atomic mass is 16.5. The molecule has 0 heterocycles. The van der Waals surface area contributed by atoms with Gasteiger partial charge in [0.15, 0.2) is 0 Å². The standard InChI is InChI=1S/C14H19NO/c15-13-11-7-4-8-12(11)14(13)16-9-10-5-2-1-3-6-10/h1-3,5-6,11-14H,4,7-9,15H2/t11-,12+,13-,14+/m0/s1. The summed E-state index contributed by atoms with van der Waals surface area (Å²) in [5.74, 6) is 1.50. The van der Waals surface area contributed by atoms with Gasteiger partial charge >= 0.3 is 0 Å². The Kier molecular flexibility index (Phi) is 2.70. The highest BCUT2D eigenvalue weighted by Gasteiger charge is 2.51. The highest BCUT2D eigenvalue weighted by Crippen LogP contribution is 2.47. The van der Waals surface area contributed by atoms with Crippen molar-refractivity contribution in [2.75, 3.05) is 0 Å². The lowest BCUT2D eigenvalue weighted by Crippen LogP contribution is -2.59. The molecule has 0 amide bonds. The lowest BCUT2D eigenvalue weighted by molar-refractivity contribution is -0.0995. The lowest BCUT2D eigenvalue weighted by Gasteiger charge is -2.46. The molecule has 2 heteroatoms. The normalized spacial score (nSPS) is 36.8. The minimum atomic E-state index is 0.288. The smallest absolute Gasteiger partial charge is 0.0764 e. The van der Waals surface area contributed by atoms with E-state index in [9.17, 15) is 0 Å². The van der Waals surface area contributed by atoms with Crippen LogP contribution in [0.4, 0.5) is 0 Å². The molecule has 0 spiro atoms. The molecule has 3 rings (SSSR count). The zero-order valence-electron chi connectivity index (χ0n) is 9.51. The van der Waals surface area contributed by atoms with E-state index in [-0.39, 0.29) is 6.04 Å². The summed E-state index contributed by atoms with van der Waals surface area (Å²) >= 11 is 0. The van der Waals surface area contributed by atoms with Gasteiger partial charge in [0.2, 0.25) is 0 Å². The predicted octanol–water partition coefficient (Wildman–Crippen LogP) is 2.33. The van der Waals surface area contributed by atoms with Gasteiger partial charge in [-0.1, -0.05) is 36.8 Å². The van der Waals surface area contributed by atoms with Gasteiger partial charge in [0, 0.05) is 6.04 Å². The SMILES string of the molecule is N[C@H]1[C@H]2CCC[C@H]2[C@H]1OCc1ccccc1. The second-order valence-corrected chi connectivity index (χ2v) is 5.10. The molecule has 2 saturated carbocycles. The van der Waals surface area contributed by atoms with Crippen molar-refractivity contribution >= 4 is 0 Å². The highest BCUT2D eigenvalue weighted by molar-refractivity contribution is 5.14. The van der Waals surface area contributed by atoms with E-state index in [4.69, 9.17) is 10.5 Å². The fourth-order valence-corrected chi connectivity index (χ4v) is 3.29. The third-order valence-corrected chi connectivity index (χ3v) is 4.21. The van der Waals surface area contributed by atoms with Crippen molar-refractivity contribution in [2.24, 2.45) is 17.6 Å². The van der Waals surface area contributed by atoms with Crippen LogP contribution in [0.2, 0.25) is 0 Å². The van der Waals surface area contributed by atoms with E-state index < -0.39 is 0 Å². The van der Waals surface area contributed by atoms with Crippen LogP contribution in [-0.2, 0) is 11.3 Å². The van der Waals surface area contributed by atoms with Crippen LogP contribution in [0, 0.1) is 11.8 Å². The number of hydrogen-bond acceptors (Lipinski definition) is 2. The Bertz CT molecular complexity index is 351. The Balaban J connectivity index is 1.56. The largest absolute Gasteiger partial charge is 0.372 e. The summed E-state index contributed by atoms with van der Waals surface area (Å²) < 4.78 is 5.97.